The maximum atomic E-state index is 12.2. The van der Waals surface area contributed by atoms with Gasteiger partial charge in [0.2, 0.25) is 0 Å². The fraction of sp³-hybridized carbons (Fsp3) is 0.375. The quantitative estimate of drug-likeness (QED) is 0.888. The Morgan fingerprint density at radius 2 is 2.05 bits per heavy atom. The molecule has 2 heterocycles. The van der Waals surface area contributed by atoms with Gasteiger partial charge >= 0.3 is 0 Å². The van der Waals surface area contributed by atoms with Crippen molar-refractivity contribution in [2.75, 3.05) is 19.8 Å². The van der Waals surface area contributed by atoms with Gasteiger partial charge in [0.15, 0.2) is 0 Å². The summed E-state index contributed by atoms with van der Waals surface area (Å²) in [6, 6.07) is 9.02. The number of nitrogens with zero attached hydrogens (tertiary/aromatic N) is 2. The van der Waals surface area contributed by atoms with Gasteiger partial charge in [0.25, 0.3) is 5.91 Å². The van der Waals surface area contributed by atoms with Crippen molar-refractivity contribution in [3.05, 3.63) is 48.3 Å². The van der Waals surface area contributed by atoms with Crippen molar-refractivity contribution in [1.82, 2.24) is 15.1 Å². The molecule has 2 N–H and O–H groups in total. The van der Waals surface area contributed by atoms with E-state index in [4.69, 9.17) is 4.74 Å². The summed E-state index contributed by atoms with van der Waals surface area (Å²) in [6.07, 6.45) is 4.64. The number of carbonyl (C=O) groups excluding carboxylic acids is 1. The lowest BCUT2D eigenvalue weighted by Crippen LogP contribution is -2.46. The minimum atomic E-state index is -0.858. The lowest BCUT2D eigenvalue weighted by Gasteiger charge is -2.32. The van der Waals surface area contributed by atoms with Gasteiger partial charge in [-0.2, -0.15) is 5.10 Å². The van der Waals surface area contributed by atoms with Crippen LogP contribution in [0.15, 0.2) is 42.7 Å². The first-order valence-corrected chi connectivity index (χ1v) is 7.35. The minimum Gasteiger partial charge on any atom is -0.388 e. The van der Waals surface area contributed by atoms with Crippen molar-refractivity contribution in [3.63, 3.8) is 0 Å². The molecule has 1 fully saturated rings. The third kappa shape index (κ3) is 3.35. The van der Waals surface area contributed by atoms with Gasteiger partial charge in [-0.15, -0.1) is 0 Å². The highest BCUT2D eigenvalue weighted by atomic mass is 16.5. The SMILES string of the molecule is O=C(NCC1(O)CCOCC1)c1ccc(-n2cccn2)cc1. The number of aliphatic hydroxyl groups is 1. The van der Waals surface area contributed by atoms with E-state index in [9.17, 15) is 9.90 Å². The highest BCUT2D eigenvalue weighted by Crippen LogP contribution is 2.19. The largest absolute Gasteiger partial charge is 0.388 e. The number of hydrogen-bond acceptors (Lipinski definition) is 4. The Morgan fingerprint density at radius 1 is 1.32 bits per heavy atom. The molecule has 0 radical (unpaired) electrons. The Labute approximate surface area is 128 Å². The Kier molecular flexibility index (Phi) is 4.22. The number of aromatic nitrogens is 2. The number of nitrogens with one attached hydrogen (secondary N) is 1. The number of amides is 1. The molecule has 1 aromatic heterocycles. The zero-order valence-electron chi connectivity index (χ0n) is 12.2. The van der Waals surface area contributed by atoms with Crippen LogP contribution >= 0.6 is 0 Å². The minimum absolute atomic E-state index is 0.188. The molecule has 2 aromatic rings. The molecule has 22 heavy (non-hydrogen) atoms. The van der Waals surface area contributed by atoms with Crippen LogP contribution in [0.1, 0.15) is 23.2 Å². The number of carbonyl (C=O) groups is 1. The van der Waals surface area contributed by atoms with Crippen molar-refractivity contribution >= 4 is 5.91 Å². The van der Waals surface area contributed by atoms with E-state index in [0.29, 0.717) is 31.6 Å². The van der Waals surface area contributed by atoms with Gasteiger partial charge in [-0.05, 0) is 30.3 Å². The molecule has 3 rings (SSSR count). The summed E-state index contributed by atoms with van der Waals surface area (Å²) in [6.45, 7) is 1.31. The van der Waals surface area contributed by atoms with Crippen molar-refractivity contribution in [1.29, 1.82) is 0 Å². The first kappa shape index (κ1) is 14.7. The molecule has 1 saturated heterocycles. The third-order valence-electron chi connectivity index (χ3n) is 3.90. The highest BCUT2D eigenvalue weighted by molar-refractivity contribution is 5.94. The van der Waals surface area contributed by atoms with Gasteiger partial charge in [-0.3, -0.25) is 4.79 Å². The van der Waals surface area contributed by atoms with Crippen LogP contribution in [-0.2, 0) is 4.74 Å². The third-order valence-corrected chi connectivity index (χ3v) is 3.90. The molecule has 1 aliphatic rings. The molecule has 6 nitrogen and oxygen atoms in total. The van der Waals surface area contributed by atoms with E-state index >= 15 is 0 Å². The van der Waals surface area contributed by atoms with Gasteiger partial charge in [0.05, 0.1) is 11.3 Å². The van der Waals surface area contributed by atoms with Crippen LogP contribution in [0.4, 0.5) is 0 Å². The van der Waals surface area contributed by atoms with Crippen molar-refractivity contribution in [3.8, 4) is 5.69 Å². The second-order valence-corrected chi connectivity index (χ2v) is 5.52. The molecule has 1 amide bonds. The average Bonchev–Trinajstić information content (AvgIpc) is 3.08. The van der Waals surface area contributed by atoms with Crippen molar-refractivity contribution in [2.45, 2.75) is 18.4 Å². The van der Waals surface area contributed by atoms with E-state index in [-0.39, 0.29) is 12.5 Å². The predicted octanol–water partition coefficient (Wildman–Crippen LogP) is 1.14. The summed E-state index contributed by atoms with van der Waals surface area (Å²) < 4.78 is 6.95. The molecule has 0 saturated carbocycles. The summed E-state index contributed by atoms with van der Waals surface area (Å²) in [4.78, 5) is 12.2. The zero-order valence-corrected chi connectivity index (χ0v) is 12.2. The molecule has 0 bridgehead atoms. The van der Waals surface area contributed by atoms with E-state index in [1.807, 2.05) is 24.4 Å². The van der Waals surface area contributed by atoms with Gasteiger partial charge in [0, 0.05) is 50.6 Å². The van der Waals surface area contributed by atoms with Crippen LogP contribution in [0.2, 0.25) is 0 Å². The molecule has 0 spiro atoms. The number of hydrogen-bond donors (Lipinski definition) is 2. The molecule has 116 valence electrons. The lowest BCUT2D eigenvalue weighted by atomic mass is 9.94. The van der Waals surface area contributed by atoms with E-state index in [0.717, 1.165) is 5.69 Å². The fourth-order valence-electron chi connectivity index (χ4n) is 2.46. The van der Waals surface area contributed by atoms with Crippen molar-refractivity contribution < 1.29 is 14.6 Å². The van der Waals surface area contributed by atoms with Crippen LogP contribution in [-0.4, -0.2) is 46.2 Å². The molecule has 0 unspecified atom stereocenters. The second-order valence-electron chi connectivity index (χ2n) is 5.52. The maximum absolute atomic E-state index is 12.2. The Balaban J connectivity index is 1.60. The van der Waals surface area contributed by atoms with Crippen LogP contribution < -0.4 is 5.32 Å². The molecule has 0 atom stereocenters. The van der Waals surface area contributed by atoms with E-state index in [1.54, 1.807) is 23.0 Å². The number of rotatable bonds is 4. The summed E-state index contributed by atoms with van der Waals surface area (Å²) >= 11 is 0. The number of benzene rings is 1. The number of ether oxygens (including phenoxy) is 1. The standard InChI is InChI=1S/C16H19N3O3/c20-15(17-12-16(21)6-10-22-11-7-16)13-2-4-14(5-3-13)19-9-1-8-18-19/h1-5,8-9,21H,6-7,10-12H2,(H,17,20). The fourth-order valence-corrected chi connectivity index (χ4v) is 2.46. The monoisotopic (exact) mass is 301 g/mol. The van der Waals surface area contributed by atoms with Gasteiger partial charge in [-0.25, -0.2) is 4.68 Å². The first-order valence-electron chi connectivity index (χ1n) is 7.35. The topological polar surface area (TPSA) is 76.4 Å². The molecule has 1 aromatic carbocycles. The second kappa shape index (κ2) is 6.29. The van der Waals surface area contributed by atoms with Gasteiger partial charge in [-0.1, -0.05) is 0 Å². The predicted molar refractivity (Wildman–Crippen MR) is 80.9 cm³/mol. The lowest BCUT2D eigenvalue weighted by molar-refractivity contribution is -0.0605. The normalized spacial score (nSPS) is 17.1. The molecule has 6 heteroatoms. The van der Waals surface area contributed by atoms with Gasteiger partial charge < -0.3 is 15.2 Å². The first-order chi connectivity index (χ1) is 10.7. The van der Waals surface area contributed by atoms with E-state index in [2.05, 4.69) is 10.4 Å². The highest BCUT2D eigenvalue weighted by Gasteiger charge is 2.30. The molecule has 0 aliphatic carbocycles. The Hall–Kier alpha value is -2.18. The zero-order chi connectivity index (χ0) is 15.4. The van der Waals surface area contributed by atoms with Crippen LogP contribution in [0, 0.1) is 0 Å². The van der Waals surface area contributed by atoms with Crippen LogP contribution in [0.5, 0.6) is 0 Å². The summed E-state index contributed by atoms with van der Waals surface area (Å²) in [5.74, 6) is -0.188. The molecule has 1 aliphatic heterocycles. The molecular formula is C16H19N3O3. The average molecular weight is 301 g/mol. The Bertz CT molecular complexity index is 617. The van der Waals surface area contributed by atoms with Gasteiger partial charge in [0.1, 0.15) is 0 Å². The van der Waals surface area contributed by atoms with E-state index < -0.39 is 5.60 Å². The summed E-state index contributed by atoms with van der Waals surface area (Å²) in [7, 11) is 0. The summed E-state index contributed by atoms with van der Waals surface area (Å²) in [5, 5.41) is 17.3. The Morgan fingerprint density at radius 3 is 2.68 bits per heavy atom. The van der Waals surface area contributed by atoms with Crippen LogP contribution in [0.25, 0.3) is 5.69 Å². The summed E-state index contributed by atoms with van der Waals surface area (Å²) in [5.41, 5.74) is 0.597. The molecular weight excluding hydrogens is 282 g/mol. The van der Waals surface area contributed by atoms with E-state index in [1.165, 1.54) is 0 Å². The maximum Gasteiger partial charge on any atom is 0.251 e. The van der Waals surface area contributed by atoms with Crippen molar-refractivity contribution in [2.24, 2.45) is 0 Å². The smallest absolute Gasteiger partial charge is 0.251 e. The van der Waals surface area contributed by atoms with Crippen LogP contribution in [0.3, 0.4) is 0 Å².